The predicted octanol–water partition coefficient (Wildman–Crippen LogP) is 3.25. The highest BCUT2D eigenvalue weighted by molar-refractivity contribution is 9.10. The number of halogens is 2. The second-order valence-electron chi connectivity index (χ2n) is 4.25. The molecule has 0 saturated carbocycles. The summed E-state index contributed by atoms with van der Waals surface area (Å²) in [5, 5.41) is 3.44. The number of nitrogens with one attached hydrogen (secondary N) is 1. The van der Waals surface area contributed by atoms with Crippen LogP contribution in [0.15, 0.2) is 22.7 Å². The van der Waals surface area contributed by atoms with Gasteiger partial charge in [-0.3, -0.25) is 0 Å². The van der Waals surface area contributed by atoms with Crippen molar-refractivity contribution < 1.29 is 0 Å². The quantitative estimate of drug-likeness (QED) is 0.767. The average molecular weight is 277 g/mol. The van der Waals surface area contributed by atoms with Gasteiger partial charge in [-0.1, -0.05) is 41.9 Å². The van der Waals surface area contributed by atoms with Gasteiger partial charge < -0.3 is 5.32 Å². The van der Waals surface area contributed by atoms with Crippen LogP contribution in [-0.2, 0) is 12.0 Å². The molecule has 1 aliphatic heterocycles. The van der Waals surface area contributed by atoms with Gasteiger partial charge in [0.15, 0.2) is 0 Å². The maximum absolute atomic E-state index is 3.59. The van der Waals surface area contributed by atoms with Crippen molar-refractivity contribution in [1.29, 1.82) is 0 Å². The van der Waals surface area contributed by atoms with Crippen molar-refractivity contribution in [2.24, 2.45) is 0 Å². The third-order valence-electron chi connectivity index (χ3n) is 2.72. The van der Waals surface area contributed by atoms with Gasteiger partial charge in [0, 0.05) is 23.0 Å². The zero-order valence-corrected chi connectivity index (χ0v) is 10.8. The van der Waals surface area contributed by atoms with E-state index in [0.717, 1.165) is 13.1 Å². The van der Waals surface area contributed by atoms with Crippen LogP contribution in [0.2, 0.25) is 0 Å². The van der Waals surface area contributed by atoms with E-state index >= 15 is 0 Å². The summed E-state index contributed by atoms with van der Waals surface area (Å²) < 4.78 is 1.23. The lowest BCUT2D eigenvalue weighted by atomic mass is 9.79. The summed E-state index contributed by atoms with van der Waals surface area (Å²) in [4.78, 5) is 0. The normalized spacial score (nSPS) is 18.2. The standard InChI is InChI=1S/C11H14BrN.ClH/c1-11(2)7-13-6-8-9(11)4-3-5-10(8)12;/h3-5,13H,6-7H2,1-2H3;1H. The summed E-state index contributed by atoms with van der Waals surface area (Å²) in [6.45, 7) is 6.62. The summed E-state index contributed by atoms with van der Waals surface area (Å²) in [6, 6.07) is 6.47. The molecule has 0 fully saturated rings. The average Bonchev–Trinajstić information content (AvgIpc) is 2.06. The summed E-state index contributed by atoms with van der Waals surface area (Å²) in [6.07, 6.45) is 0. The summed E-state index contributed by atoms with van der Waals surface area (Å²) >= 11 is 3.59. The maximum atomic E-state index is 3.59. The minimum absolute atomic E-state index is 0. The zero-order chi connectivity index (χ0) is 9.47. The number of hydrogen-bond acceptors (Lipinski definition) is 1. The molecule has 0 amide bonds. The van der Waals surface area contributed by atoms with Crippen LogP contribution in [0, 0.1) is 0 Å². The van der Waals surface area contributed by atoms with Crippen molar-refractivity contribution in [1.82, 2.24) is 5.32 Å². The number of hydrogen-bond donors (Lipinski definition) is 1. The van der Waals surface area contributed by atoms with Gasteiger partial charge in [0.2, 0.25) is 0 Å². The van der Waals surface area contributed by atoms with Crippen LogP contribution < -0.4 is 5.32 Å². The second kappa shape index (κ2) is 4.21. The van der Waals surface area contributed by atoms with E-state index in [2.05, 4.69) is 53.3 Å². The van der Waals surface area contributed by atoms with Gasteiger partial charge >= 0.3 is 0 Å². The Bertz CT molecular complexity index is 336. The fraction of sp³-hybridized carbons (Fsp3) is 0.455. The summed E-state index contributed by atoms with van der Waals surface area (Å²) in [5.41, 5.74) is 3.15. The van der Waals surface area contributed by atoms with Crippen LogP contribution in [0.25, 0.3) is 0 Å². The van der Waals surface area contributed by atoms with Crippen LogP contribution in [0.5, 0.6) is 0 Å². The van der Waals surface area contributed by atoms with Crippen molar-refractivity contribution in [3.63, 3.8) is 0 Å². The molecule has 3 heteroatoms. The van der Waals surface area contributed by atoms with Crippen LogP contribution >= 0.6 is 28.3 Å². The molecule has 0 bridgehead atoms. The van der Waals surface area contributed by atoms with E-state index in [9.17, 15) is 0 Å². The summed E-state index contributed by atoms with van der Waals surface area (Å²) in [5.74, 6) is 0. The second-order valence-corrected chi connectivity index (χ2v) is 5.11. The van der Waals surface area contributed by atoms with Crippen molar-refractivity contribution >= 4 is 28.3 Å². The Balaban J connectivity index is 0.000000980. The molecule has 0 atom stereocenters. The Morgan fingerprint density at radius 2 is 2.07 bits per heavy atom. The first kappa shape index (κ1) is 12.0. The molecule has 1 aromatic carbocycles. The minimum Gasteiger partial charge on any atom is -0.312 e. The van der Waals surface area contributed by atoms with Crippen molar-refractivity contribution in [2.75, 3.05) is 6.54 Å². The molecule has 2 rings (SSSR count). The highest BCUT2D eigenvalue weighted by atomic mass is 79.9. The van der Waals surface area contributed by atoms with Gasteiger partial charge in [-0.25, -0.2) is 0 Å². The molecule has 1 aliphatic rings. The molecule has 0 aromatic heterocycles. The molecule has 0 saturated heterocycles. The molecule has 1 aromatic rings. The topological polar surface area (TPSA) is 12.0 Å². The van der Waals surface area contributed by atoms with Crippen LogP contribution in [0.3, 0.4) is 0 Å². The first-order valence-electron chi connectivity index (χ1n) is 4.60. The largest absolute Gasteiger partial charge is 0.312 e. The third-order valence-corrected chi connectivity index (χ3v) is 3.46. The van der Waals surface area contributed by atoms with E-state index < -0.39 is 0 Å². The number of rotatable bonds is 0. The zero-order valence-electron chi connectivity index (χ0n) is 8.43. The molecular weight excluding hydrogens is 261 g/mol. The Kier molecular flexibility index (Phi) is 3.62. The molecule has 0 unspecified atom stereocenters. The molecule has 14 heavy (non-hydrogen) atoms. The fourth-order valence-electron chi connectivity index (χ4n) is 1.97. The molecule has 1 heterocycles. The first-order chi connectivity index (χ1) is 6.11. The van der Waals surface area contributed by atoms with Gasteiger partial charge in [0.25, 0.3) is 0 Å². The van der Waals surface area contributed by atoms with Gasteiger partial charge in [0.05, 0.1) is 0 Å². The highest BCUT2D eigenvalue weighted by Gasteiger charge is 2.27. The van der Waals surface area contributed by atoms with E-state index in [1.54, 1.807) is 0 Å². The SMILES string of the molecule is CC1(C)CNCc2c(Br)cccc21.Cl. The van der Waals surface area contributed by atoms with E-state index in [1.165, 1.54) is 15.6 Å². The fourth-order valence-corrected chi connectivity index (χ4v) is 2.47. The van der Waals surface area contributed by atoms with Crippen LogP contribution in [0.4, 0.5) is 0 Å². The number of fused-ring (bicyclic) bond motifs is 1. The van der Waals surface area contributed by atoms with Gasteiger partial charge in [0.1, 0.15) is 0 Å². The Morgan fingerprint density at radius 1 is 1.36 bits per heavy atom. The lowest BCUT2D eigenvalue weighted by Gasteiger charge is -2.33. The lowest BCUT2D eigenvalue weighted by Crippen LogP contribution is -2.38. The third kappa shape index (κ3) is 1.97. The first-order valence-corrected chi connectivity index (χ1v) is 5.39. The predicted molar refractivity (Wildman–Crippen MR) is 66.1 cm³/mol. The molecule has 1 nitrogen and oxygen atoms in total. The maximum Gasteiger partial charge on any atom is 0.0223 e. The van der Waals surface area contributed by atoms with Crippen molar-refractivity contribution in [2.45, 2.75) is 25.8 Å². The van der Waals surface area contributed by atoms with E-state index in [0.29, 0.717) is 0 Å². The summed E-state index contributed by atoms with van der Waals surface area (Å²) in [7, 11) is 0. The lowest BCUT2D eigenvalue weighted by molar-refractivity contribution is 0.434. The van der Waals surface area contributed by atoms with Crippen LogP contribution in [-0.4, -0.2) is 6.54 Å². The van der Waals surface area contributed by atoms with Gasteiger partial charge in [-0.15, -0.1) is 12.4 Å². The highest BCUT2D eigenvalue weighted by Crippen LogP contribution is 2.33. The van der Waals surface area contributed by atoms with E-state index in [1.807, 2.05) is 0 Å². The monoisotopic (exact) mass is 275 g/mol. The molecule has 0 radical (unpaired) electrons. The minimum atomic E-state index is 0. The van der Waals surface area contributed by atoms with E-state index in [-0.39, 0.29) is 17.8 Å². The molecular formula is C11H15BrClN. The number of benzene rings is 1. The van der Waals surface area contributed by atoms with Gasteiger partial charge in [-0.2, -0.15) is 0 Å². The van der Waals surface area contributed by atoms with Crippen molar-refractivity contribution in [3.05, 3.63) is 33.8 Å². The smallest absolute Gasteiger partial charge is 0.0223 e. The molecule has 78 valence electrons. The molecule has 0 aliphatic carbocycles. The van der Waals surface area contributed by atoms with Gasteiger partial charge in [-0.05, 0) is 17.2 Å². The molecule has 0 spiro atoms. The van der Waals surface area contributed by atoms with E-state index in [4.69, 9.17) is 0 Å². The Labute approximate surface area is 99.8 Å². The Morgan fingerprint density at radius 3 is 2.71 bits per heavy atom. The van der Waals surface area contributed by atoms with Crippen molar-refractivity contribution in [3.8, 4) is 0 Å². The Hall–Kier alpha value is -0.0500. The van der Waals surface area contributed by atoms with Crippen LogP contribution in [0.1, 0.15) is 25.0 Å². The molecule has 1 N–H and O–H groups in total.